The van der Waals surface area contributed by atoms with Gasteiger partial charge in [0.1, 0.15) is 0 Å². The minimum Gasteiger partial charge on any atom is -0.343 e. The van der Waals surface area contributed by atoms with Gasteiger partial charge in [-0.1, -0.05) is 0 Å². The fourth-order valence-electron chi connectivity index (χ4n) is 1.86. The lowest BCUT2D eigenvalue weighted by molar-refractivity contribution is -0.135. The van der Waals surface area contributed by atoms with Crippen LogP contribution in [0.25, 0.3) is 0 Å². The first kappa shape index (κ1) is 10.5. The van der Waals surface area contributed by atoms with Crippen LogP contribution < -0.4 is 5.32 Å². The summed E-state index contributed by atoms with van der Waals surface area (Å²) in [5.74, 6) is 0.561. The lowest BCUT2D eigenvalue weighted by Crippen LogP contribution is -2.42. The molecule has 1 heterocycles. The molecule has 0 spiro atoms. The minimum atomic E-state index is 0.230. The van der Waals surface area contributed by atoms with Gasteiger partial charge in [-0.25, -0.2) is 0 Å². The summed E-state index contributed by atoms with van der Waals surface area (Å²) in [5.41, 5.74) is 0. The first-order valence-electron chi connectivity index (χ1n) is 5.29. The van der Waals surface area contributed by atoms with Crippen LogP contribution in [0.4, 0.5) is 0 Å². The zero-order valence-corrected chi connectivity index (χ0v) is 8.68. The van der Waals surface area contributed by atoms with Gasteiger partial charge in [-0.15, -0.1) is 0 Å². The quantitative estimate of drug-likeness (QED) is 0.705. The number of rotatable bonds is 3. The number of carbonyl (C=O) groups is 1. The summed E-state index contributed by atoms with van der Waals surface area (Å²) < 4.78 is 0. The molecule has 1 amide bonds. The largest absolute Gasteiger partial charge is 0.343 e. The normalized spacial score (nSPS) is 22.8. The van der Waals surface area contributed by atoms with E-state index in [1.165, 1.54) is 0 Å². The molecular weight excluding hydrogens is 164 g/mol. The molecule has 0 aromatic rings. The Morgan fingerprint density at radius 1 is 1.46 bits per heavy atom. The highest BCUT2D eigenvalue weighted by Crippen LogP contribution is 2.12. The summed E-state index contributed by atoms with van der Waals surface area (Å²) in [7, 11) is 0. The van der Waals surface area contributed by atoms with E-state index in [0.717, 1.165) is 39.0 Å². The Morgan fingerprint density at radius 3 is 2.62 bits per heavy atom. The third-order valence-electron chi connectivity index (χ3n) is 2.72. The van der Waals surface area contributed by atoms with Gasteiger partial charge >= 0.3 is 0 Å². The molecule has 0 aliphatic carbocycles. The van der Waals surface area contributed by atoms with Crippen molar-refractivity contribution in [3.63, 3.8) is 0 Å². The molecule has 1 N–H and O–H groups in total. The lowest BCUT2D eigenvalue weighted by Gasteiger charge is -2.27. The molecule has 1 fully saturated rings. The molecule has 76 valence electrons. The smallest absolute Gasteiger partial charge is 0.226 e. The molecule has 0 bridgehead atoms. The third-order valence-corrected chi connectivity index (χ3v) is 2.72. The van der Waals surface area contributed by atoms with E-state index in [2.05, 4.69) is 5.32 Å². The van der Waals surface area contributed by atoms with E-state index in [4.69, 9.17) is 0 Å². The summed E-state index contributed by atoms with van der Waals surface area (Å²) in [5, 5.41) is 3.27. The topological polar surface area (TPSA) is 32.3 Å². The van der Waals surface area contributed by atoms with Gasteiger partial charge in [0.25, 0.3) is 0 Å². The molecule has 3 heteroatoms. The van der Waals surface area contributed by atoms with Crippen LogP contribution in [0.15, 0.2) is 0 Å². The molecule has 1 aliphatic rings. The van der Waals surface area contributed by atoms with Crippen molar-refractivity contribution in [1.29, 1.82) is 0 Å². The fraction of sp³-hybridized carbons (Fsp3) is 0.900. The highest BCUT2D eigenvalue weighted by molar-refractivity contribution is 5.79. The molecule has 0 unspecified atom stereocenters. The molecule has 1 aliphatic heterocycles. The molecule has 1 rings (SSSR count). The highest BCUT2D eigenvalue weighted by Gasteiger charge is 2.23. The molecule has 1 saturated heterocycles. The SMILES string of the molecule is CCN(CC)C(=O)[C@@H]1CCCNC1. The van der Waals surface area contributed by atoms with E-state index in [1.54, 1.807) is 0 Å². The van der Waals surface area contributed by atoms with Gasteiger partial charge in [0.05, 0.1) is 5.92 Å². The standard InChI is InChI=1S/C10H20N2O/c1-3-12(4-2)10(13)9-6-5-7-11-8-9/h9,11H,3-8H2,1-2H3/t9-/m1/s1. The van der Waals surface area contributed by atoms with Gasteiger partial charge in [0, 0.05) is 19.6 Å². The maximum absolute atomic E-state index is 11.8. The number of carbonyl (C=O) groups excluding carboxylic acids is 1. The van der Waals surface area contributed by atoms with Crippen LogP contribution in [0.5, 0.6) is 0 Å². The third kappa shape index (κ3) is 2.69. The zero-order chi connectivity index (χ0) is 9.68. The summed E-state index contributed by atoms with van der Waals surface area (Å²) in [6.45, 7) is 7.70. The Morgan fingerprint density at radius 2 is 2.15 bits per heavy atom. The Kier molecular flexibility index (Phi) is 4.22. The Labute approximate surface area is 80.5 Å². The average Bonchev–Trinajstić information content (AvgIpc) is 2.21. The van der Waals surface area contributed by atoms with Crippen molar-refractivity contribution < 1.29 is 4.79 Å². The first-order chi connectivity index (χ1) is 6.29. The Bertz CT molecular complexity index is 160. The zero-order valence-electron chi connectivity index (χ0n) is 8.68. The molecule has 1 atom stereocenters. The van der Waals surface area contributed by atoms with Gasteiger partial charge in [-0.3, -0.25) is 4.79 Å². The van der Waals surface area contributed by atoms with Crippen LogP contribution in [-0.4, -0.2) is 37.0 Å². The average molecular weight is 184 g/mol. The number of piperidine rings is 1. The fourth-order valence-corrected chi connectivity index (χ4v) is 1.86. The number of amides is 1. The lowest BCUT2D eigenvalue weighted by atomic mass is 9.98. The van der Waals surface area contributed by atoms with Gasteiger partial charge in [-0.05, 0) is 33.2 Å². The second-order valence-electron chi connectivity index (χ2n) is 3.55. The monoisotopic (exact) mass is 184 g/mol. The molecule has 0 aromatic heterocycles. The van der Waals surface area contributed by atoms with Gasteiger partial charge in [0.15, 0.2) is 0 Å². The first-order valence-corrected chi connectivity index (χ1v) is 5.29. The predicted octanol–water partition coefficient (Wildman–Crippen LogP) is 0.854. The van der Waals surface area contributed by atoms with Crippen molar-refractivity contribution in [2.45, 2.75) is 26.7 Å². The number of hydrogen-bond donors (Lipinski definition) is 1. The van der Waals surface area contributed by atoms with E-state index >= 15 is 0 Å². The van der Waals surface area contributed by atoms with E-state index < -0.39 is 0 Å². The van der Waals surface area contributed by atoms with E-state index in [9.17, 15) is 4.79 Å². The Balaban J connectivity index is 2.44. The summed E-state index contributed by atoms with van der Waals surface area (Å²) >= 11 is 0. The van der Waals surface area contributed by atoms with E-state index in [-0.39, 0.29) is 5.92 Å². The minimum absolute atomic E-state index is 0.230. The van der Waals surface area contributed by atoms with Crippen molar-refractivity contribution in [2.75, 3.05) is 26.2 Å². The van der Waals surface area contributed by atoms with Crippen molar-refractivity contribution in [2.24, 2.45) is 5.92 Å². The van der Waals surface area contributed by atoms with Crippen LogP contribution in [0.3, 0.4) is 0 Å². The molecule has 13 heavy (non-hydrogen) atoms. The summed E-state index contributed by atoms with van der Waals surface area (Å²) in [6, 6.07) is 0. The Hall–Kier alpha value is -0.570. The second kappa shape index (κ2) is 5.22. The second-order valence-corrected chi connectivity index (χ2v) is 3.55. The van der Waals surface area contributed by atoms with Gasteiger partial charge in [0.2, 0.25) is 5.91 Å². The predicted molar refractivity (Wildman–Crippen MR) is 53.5 cm³/mol. The van der Waals surface area contributed by atoms with Crippen molar-refractivity contribution in [3.8, 4) is 0 Å². The molecular formula is C10H20N2O. The molecule has 3 nitrogen and oxygen atoms in total. The highest BCUT2D eigenvalue weighted by atomic mass is 16.2. The van der Waals surface area contributed by atoms with Crippen LogP contribution in [0.2, 0.25) is 0 Å². The van der Waals surface area contributed by atoms with Gasteiger partial charge < -0.3 is 10.2 Å². The maximum Gasteiger partial charge on any atom is 0.226 e. The molecule has 0 radical (unpaired) electrons. The number of hydrogen-bond acceptors (Lipinski definition) is 2. The number of nitrogens with one attached hydrogen (secondary N) is 1. The van der Waals surface area contributed by atoms with E-state index in [1.807, 2.05) is 18.7 Å². The van der Waals surface area contributed by atoms with Crippen molar-refractivity contribution >= 4 is 5.91 Å². The van der Waals surface area contributed by atoms with E-state index in [0.29, 0.717) is 5.91 Å². The molecule has 0 aromatic carbocycles. The number of nitrogens with zero attached hydrogens (tertiary/aromatic N) is 1. The van der Waals surface area contributed by atoms with Crippen LogP contribution in [0.1, 0.15) is 26.7 Å². The van der Waals surface area contributed by atoms with Crippen molar-refractivity contribution in [3.05, 3.63) is 0 Å². The molecule has 0 saturated carbocycles. The van der Waals surface area contributed by atoms with Gasteiger partial charge in [-0.2, -0.15) is 0 Å². The summed E-state index contributed by atoms with van der Waals surface area (Å²) in [6.07, 6.45) is 2.19. The van der Waals surface area contributed by atoms with Crippen LogP contribution in [-0.2, 0) is 4.79 Å². The van der Waals surface area contributed by atoms with Crippen LogP contribution >= 0.6 is 0 Å². The van der Waals surface area contributed by atoms with Crippen molar-refractivity contribution in [1.82, 2.24) is 10.2 Å². The van der Waals surface area contributed by atoms with Crippen LogP contribution in [0, 0.1) is 5.92 Å². The summed E-state index contributed by atoms with van der Waals surface area (Å²) in [4.78, 5) is 13.8. The maximum atomic E-state index is 11.8.